The number of carboxylic acid groups (broad SMARTS) is 1. The van der Waals surface area contributed by atoms with E-state index >= 15 is 0 Å². The van der Waals surface area contributed by atoms with Crippen LogP contribution in [0.25, 0.3) is 4.91 Å². The van der Waals surface area contributed by atoms with Crippen molar-refractivity contribution in [3.63, 3.8) is 0 Å². The van der Waals surface area contributed by atoms with Crippen molar-refractivity contribution >= 4 is 32.7 Å². The first-order valence-corrected chi connectivity index (χ1v) is 14.3. The van der Waals surface area contributed by atoms with Gasteiger partial charge in [-0.2, -0.15) is 17.9 Å². The molecule has 1 aliphatic carbocycles. The number of rotatable bonds is 8. The summed E-state index contributed by atoms with van der Waals surface area (Å²) >= 11 is 0.824. The lowest BCUT2D eigenvalue weighted by molar-refractivity contribution is -0.155. The van der Waals surface area contributed by atoms with E-state index in [1.54, 1.807) is 0 Å². The van der Waals surface area contributed by atoms with E-state index in [0.29, 0.717) is 6.54 Å². The zero-order valence-electron chi connectivity index (χ0n) is 19.7. The molecule has 1 saturated heterocycles. The van der Waals surface area contributed by atoms with Crippen LogP contribution in [-0.2, 0) is 26.4 Å². The maximum absolute atomic E-state index is 13.5. The molecule has 2 aromatic rings. The number of halogens is 3. The highest BCUT2D eigenvalue weighted by atomic mass is 32.3. The number of aliphatic carboxylic acids is 1. The first kappa shape index (κ1) is 26.3. The van der Waals surface area contributed by atoms with Gasteiger partial charge in [0, 0.05) is 22.9 Å². The molecular formula is C24H26F3N3O5S2. The van der Waals surface area contributed by atoms with E-state index in [0.717, 1.165) is 55.7 Å². The lowest BCUT2D eigenvalue weighted by Gasteiger charge is -2.33. The van der Waals surface area contributed by atoms with Crippen LogP contribution in [0, 0.1) is 0 Å². The van der Waals surface area contributed by atoms with E-state index in [2.05, 4.69) is 19.3 Å². The molecule has 200 valence electrons. The largest absolute Gasteiger partial charge is 0.480 e. The minimum Gasteiger partial charge on any atom is -0.480 e. The van der Waals surface area contributed by atoms with E-state index in [1.165, 1.54) is 6.08 Å². The topological polar surface area (TPSA) is 113 Å². The molecule has 2 fully saturated rings. The standard InChI is InChI=1S/C24H26F3N3O5S2/c25-24(26,27)19-13-17(28-35-19)18-9-10-20(36-18)37(33,34)29-23(21(31)32)14-22(23,16-7-3-1-4-8-16)15-30-11-5-2-6-12-30/h1,3-4,7-9,13,20,29H,2,5-6,10-12,14-15H2,(H,31,32). The molecule has 0 bridgehead atoms. The van der Waals surface area contributed by atoms with Crippen molar-refractivity contribution in [2.75, 3.05) is 19.6 Å². The third kappa shape index (κ3) is 4.82. The van der Waals surface area contributed by atoms with E-state index in [1.807, 2.05) is 30.3 Å². The predicted octanol–water partition coefficient (Wildman–Crippen LogP) is 4.07. The van der Waals surface area contributed by atoms with Crippen molar-refractivity contribution < 1.29 is 36.0 Å². The molecule has 3 unspecified atom stereocenters. The summed E-state index contributed by atoms with van der Waals surface area (Å²) in [5, 5.41) is 13.8. The Morgan fingerprint density at radius 2 is 1.92 bits per heavy atom. The number of sulfonamides is 1. The number of piperidine rings is 1. The van der Waals surface area contributed by atoms with Gasteiger partial charge in [-0.25, -0.2) is 8.42 Å². The minimum atomic E-state index is -4.71. The molecule has 2 aliphatic heterocycles. The Hall–Kier alpha value is -2.35. The van der Waals surface area contributed by atoms with Gasteiger partial charge in [0.25, 0.3) is 0 Å². The number of nitrogens with one attached hydrogen (secondary N) is 1. The van der Waals surface area contributed by atoms with Crippen LogP contribution in [0.5, 0.6) is 0 Å². The molecule has 3 atom stereocenters. The molecule has 1 saturated carbocycles. The van der Waals surface area contributed by atoms with Gasteiger partial charge in [-0.15, -0.1) is 11.8 Å². The van der Waals surface area contributed by atoms with Gasteiger partial charge in [0.1, 0.15) is 15.8 Å². The van der Waals surface area contributed by atoms with Gasteiger partial charge in [-0.1, -0.05) is 48.0 Å². The van der Waals surface area contributed by atoms with Gasteiger partial charge in [0.2, 0.25) is 15.8 Å². The summed E-state index contributed by atoms with van der Waals surface area (Å²) < 4.78 is 71.4. The van der Waals surface area contributed by atoms with Crippen molar-refractivity contribution in [2.24, 2.45) is 0 Å². The number of thioether (sulfide) groups is 1. The van der Waals surface area contributed by atoms with Crippen LogP contribution in [0.4, 0.5) is 13.2 Å². The Kier molecular flexibility index (Phi) is 6.70. The van der Waals surface area contributed by atoms with Crippen molar-refractivity contribution in [1.82, 2.24) is 14.8 Å². The Labute approximate surface area is 216 Å². The minimum absolute atomic E-state index is 0.0102. The summed E-state index contributed by atoms with van der Waals surface area (Å²) in [7, 11) is -4.20. The number of carboxylic acids is 1. The van der Waals surface area contributed by atoms with Crippen LogP contribution >= 0.6 is 11.8 Å². The molecule has 1 aromatic heterocycles. The van der Waals surface area contributed by atoms with Crippen molar-refractivity contribution in [3.05, 3.63) is 59.5 Å². The average Bonchev–Trinajstić information content (AvgIpc) is 3.25. The number of likely N-dealkylation sites (tertiary alicyclic amines) is 1. The van der Waals surface area contributed by atoms with Gasteiger partial charge in [-0.3, -0.25) is 4.79 Å². The summed E-state index contributed by atoms with van der Waals surface area (Å²) in [5.41, 5.74) is -2.03. The number of alkyl halides is 3. The van der Waals surface area contributed by atoms with Crippen LogP contribution in [0.15, 0.2) is 47.0 Å². The molecule has 3 heterocycles. The molecule has 1 aromatic carbocycles. The lowest BCUT2D eigenvalue weighted by Crippen LogP contribution is -2.53. The summed E-state index contributed by atoms with van der Waals surface area (Å²) in [5.74, 6) is -2.53. The number of carbonyl (C=O) groups is 1. The van der Waals surface area contributed by atoms with E-state index < -0.39 is 43.5 Å². The van der Waals surface area contributed by atoms with E-state index in [4.69, 9.17) is 0 Å². The second kappa shape index (κ2) is 9.44. The number of benzene rings is 1. The van der Waals surface area contributed by atoms with Crippen LogP contribution in [0.3, 0.4) is 0 Å². The number of aromatic nitrogens is 1. The highest BCUT2D eigenvalue weighted by Gasteiger charge is 2.75. The van der Waals surface area contributed by atoms with E-state index in [-0.39, 0.29) is 23.4 Å². The summed E-state index contributed by atoms with van der Waals surface area (Å²) in [6.45, 7) is 2.05. The quantitative estimate of drug-likeness (QED) is 0.500. The number of hydrogen-bond donors (Lipinski definition) is 2. The van der Waals surface area contributed by atoms with Gasteiger partial charge in [0.15, 0.2) is 0 Å². The monoisotopic (exact) mass is 557 g/mol. The fourth-order valence-electron chi connectivity index (χ4n) is 5.38. The zero-order chi connectivity index (χ0) is 26.5. The predicted molar refractivity (Wildman–Crippen MR) is 131 cm³/mol. The fraction of sp³-hybridized carbons (Fsp3) is 0.500. The number of allylic oxidation sites excluding steroid dienone is 1. The van der Waals surface area contributed by atoms with Gasteiger partial charge >= 0.3 is 12.1 Å². The normalized spacial score (nSPS) is 28.7. The molecule has 5 rings (SSSR count). The van der Waals surface area contributed by atoms with Crippen molar-refractivity contribution in [2.45, 2.75) is 53.8 Å². The molecule has 2 N–H and O–H groups in total. The molecule has 0 amide bonds. The number of nitrogens with zero attached hydrogens (tertiary/aromatic N) is 2. The third-order valence-electron chi connectivity index (χ3n) is 7.35. The molecule has 0 radical (unpaired) electrons. The maximum atomic E-state index is 13.5. The smallest absolute Gasteiger partial charge is 0.452 e. The summed E-state index contributed by atoms with van der Waals surface area (Å²) in [4.78, 5) is 15.1. The van der Waals surface area contributed by atoms with Crippen molar-refractivity contribution in [1.29, 1.82) is 0 Å². The maximum Gasteiger partial charge on any atom is 0.452 e. The SMILES string of the molecule is O=C(O)C1(NS(=O)(=O)C2CC=C(c3cc(C(F)(F)F)on3)S2)CC1(CN1CCCCC1)c1ccccc1. The first-order chi connectivity index (χ1) is 17.5. The van der Waals surface area contributed by atoms with Gasteiger partial charge < -0.3 is 14.5 Å². The molecular weight excluding hydrogens is 531 g/mol. The Morgan fingerprint density at radius 3 is 2.54 bits per heavy atom. The zero-order valence-corrected chi connectivity index (χ0v) is 21.3. The summed E-state index contributed by atoms with van der Waals surface area (Å²) in [6.07, 6.45) is -0.0313. The first-order valence-electron chi connectivity index (χ1n) is 11.9. The highest BCUT2D eigenvalue weighted by Crippen LogP contribution is 2.59. The molecule has 0 spiro atoms. The van der Waals surface area contributed by atoms with Crippen LogP contribution < -0.4 is 4.72 Å². The second-order valence-electron chi connectivity index (χ2n) is 9.74. The molecule has 8 nitrogen and oxygen atoms in total. The third-order valence-corrected chi connectivity index (χ3v) is 11.0. The molecule has 37 heavy (non-hydrogen) atoms. The Morgan fingerprint density at radius 1 is 1.22 bits per heavy atom. The lowest BCUT2D eigenvalue weighted by atomic mass is 9.89. The van der Waals surface area contributed by atoms with E-state index in [9.17, 15) is 31.5 Å². The second-order valence-corrected chi connectivity index (χ2v) is 13.2. The van der Waals surface area contributed by atoms with Gasteiger partial charge in [0.05, 0.1) is 0 Å². The van der Waals surface area contributed by atoms with Crippen LogP contribution in [0.1, 0.15) is 49.1 Å². The molecule has 3 aliphatic rings. The Balaban J connectivity index is 1.38. The fourth-order valence-corrected chi connectivity index (χ4v) is 8.55. The molecule has 13 heteroatoms. The van der Waals surface area contributed by atoms with Gasteiger partial charge in [-0.05, 0) is 44.3 Å². The number of hydrogen-bond acceptors (Lipinski definition) is 7. The average molecular weight is 558 g/mol. The van der Waals surface area contributed by atoms with Crippen LogP contribution in [0.2, 0.25) is 0 Å². The Bertz CT molecular complexity index is 1310. The van der Waals surface area contributed by atoms with Crippen molar-refractivity contribution in [3.8, 4) is 0 Å². The highest BCUT2D eigenvalue weighted by molar-refractivity contribution is 8.18. The van der Waals surface area contributed by atoms with Crippen LogP contribution in [-0.4, -0.2) is 59.3 Å². The summed E-state index contributed by atoms with van der Waals surface area (Å²) in [6, 6.07) is 9.82.